The lowest BCUT2D eigenvalue weighted by Crippen LogP contribution is -2.33. The molecule has 6 nitrogen and oxygen atoms in total. The van der Waals surface area contributed by atoms with Crippen LogP contribution in [0.25, 0.3) is 0 Å². The van der Waals surface area contributed by atoms with Gasteiger partial charge in [-0.15, -0.1) is 0 Å². The molecule has 1 heterocycles. The quantitative estimate of drug-likeness (QED) is 0.615. The van der Waals surface area contributed by atoms with Crippen LogP contribution in [0.15, 0.2) is 71.7 Å². The van der Waals surface area contributed by atoms with Gasteiger partial charge >= 0.3 is 0 Å². The fourth-order valence-electron chi connectivity index (χ4n) is 2.72. The van der Waals surface area contributed by atoms with Gasteiger partial charge in [0.15, 0.2) is 11.4 Å². The molecule has 0 aliphatic rings. The van der Waals surface area contributed by atoms with Gasteiger partial charge < -0.3 is 15.9 Å². The molecule has 3 rings (SSSR count). The van der Waals surface area contributed by atoms with E-state index in [9.17, 15) is 14.0 Å². The number of amides is 1. The van der Waals surface area contributed by atoms with Gasteiger partial charge in [0.2, 0.25) is 5.43 Å². The molecule has 0 saturated heterocycles. The SMILES string of the molecule is Nn1ccc(=O)c(OCc2ccccc2)c1C(=O)NCCc1cccc(F)c1. The van der Waals surface area contributed by atoms with E-state index >= 15 is 0 Å². The summed E-state index contributed by atoms with van der Waals surface area (Å²) in [6, 6.07) is 16.7. The van der Waals surface area contributed by atoms with Gasteiger partial charge in [0.05, 0.1) is 0 Å². The number of nitrogen functional groups attached to an aromatic ring is 1. The van der Waals surface area contributed by atoms with Crippen LogP contribution in [-0.4, -0.2) is 17.1 Å². The molecule has 0 atom stereocenters. The molecule has 0 radical (unpaired) electrons. The number of carbonyl (C=O) groups is 1. The second-order valence-corrected chi connectivity index (χ2v) is 6.18. The molecule has 0 spiro atoms. The average Bonchev–Trinajstić information content (AvgIpc) is 2.69. The molecule has 0 aliphatic heterocycles. The van der Waals surface area contributed by atoms with Crippen LogP contribution in [0.5, 0.6) is 5.75 Å². The van der Waals surface area contributed by atoms with Gasteiger partial charge in [-0.2, -0.15) is 0 Å². The van der Waals surface area contributed by atoms with E-state index in [0.717, 1.165) is 15.8 Å². The van der Waals surface area contributed by atoms with Crippen LogP contribution in [-0.2, 0) is 13.0 Å². The number of rotatable bonds is 7. The molecular weight excluding hydrogens is 361 g/mol. The lowest BCUT2D eigenvalue weighted by molar-refractivity contribution is 0.0940. The number of nitrogens with one attached hydrogen (secondary N) is 1. The summed E-state index contributed by atoms with van der Waals surface area (Å²) in [5.74, 6) is 4.86. The number of hydrogen-bond acceptors (Lipinski definition) is 4. The van der Waals surface area contributed by atoms with Crippen LogP contribution in [0.1, 0.15) is 21.6 Å². The van der Waals surface area contributed by atoms with E-state index < -0.39 is 11.3 Å². The number of nitrogens with two attached hydrogens (primary N) is 1. The van der Waals surface area contributed by atoms with E-state index in [2.05, 4.69) is 5.32 Å². The predicted octanol–water partition coefficient (Wildman–Crippen LogP) is 2.25. The summed E-state index contributed by atoms with van der Waals surface area (Å²) < 4.78 is 19.9. The largest absolute Gasteiger partial charge is 0.482 e. The molecular formula is C21H20FN3O3. The van der Waals surface area contributed by atoms with E-state index in [1.54, 1.807) is 12.1 Å². The molecule has 1 aromatic heterocycles. The molecule has 3 N–H and O–H groups in total. The topological polar surface area (TPSA) is 86.3 Å². The third-order valence-corrected chi connectivity index (χ3v) is 4.11. The van der Waals surface area contributed by atoms with Crippen molar-refractivity contribution in [3.8, 4) is 5.75 Å². The van der Waals surface area contributed by atoms with Gasteiger partial charge in [-0.1, -0.05) is 42.5 Å². The molecule has 0 saturated carbocycles. The summed E-state index contributed by atoms with van der Waals surface area (Å²) in [6.07, 6.45) is 1.74. The van der Waals surface area contributed by atoms with Gasteiger partial charge in [0.1, 0.15) is 12.4 Å². The molecule has 2 aromatic carbocycles. The zero-order chi connectivity index (χ0) is 19.9. The van der Waals surface area contributed by atoms with E-state index in [1.807, 2.05) is 30.3 Å². The van der Waals surface area contributed by atoms with E-state index in [0.29, 0.717) is 6.42 Å². The highest BCUT2D eigenvalue weighted by Crippen LogP contribution is 2.14. The minimum atomic E-state index is -0.542. The number of hydrogen-bond donors (Lipinski definition) is 2. The standard InChI is InChI=1S/C21H20FN3O3/c22-17-8-4-7-15(13-17)9-11-24-21(27)19-20(18(26)10-12-25(19)23)28-14-16-5-2-1-3-6-16/h1-8,10,12-13H,9,11,14,23H2,(H,24,27). The van der Waals surface area contributed by atoms with Crippen molar-refractivity contribution in [3.05, 3.63) is 99.7 Å². The second-order valence-electron chi connectivity index (χ2n) is 6.18. The first kappa shape index (κ1) is 19.2. The van der Waals surface area contributed by atoms with Crippen molar-refractivity contribution in [3.63, 3.8) is 0 Å². The summed E-state index contributed by atoms with van der Waals surface area (Å²) in [7, 11) is 0. The fourth-order valence-corrected chi connectivity index (χ4v) is 2.72. The van der Waals surface area contributed by atoms with Crippen molar-refractivity contribution >= 4 is 5.91 Å². The molecule has 0 unspecified atom stereocenters. The fraction of sp³-hybridized carbons (Fsp3) is 0.143. The maximum Gasteiger partial charge on any atom is 0.273 e. The number of aromatic nitrogens is 1. The molecule has 28 heavy (non-hydrogen) atoms. The molecule has 0 fully saturated rings. The zero-order valence-corrected chi connectivity index (χ0v) is 15.1. The van der Waals surface area contributed by atoms with Crippen LogP contribution in [0.4, 0.5) is 4.39 Å². The first-order chi connectivity index (χ1) is 13.5. The van der Waals surface area contributed by atoms with Crippen LogP contribution < -0.4 is 21.3 Å². The molecule has 7 heteroatoms. The number of pyridine rings is 1. The van der Waals surface area contributed by atoms with Crippen LogP contribution in [0, 0.1) is 5.82 Å². The first-order valence-corrected chi connectivity index (χ1v) is 8.74. The van der Waals surface area contributed by atoms with Gasteiger partial charge in [0, 0.05) is 18.8 Å². The van der Waals surface area contributed by atoms with Crippen molar-refractivity contribution < 1.29 is 13.9 Å². The summed E-state index contributed by atoms with van der Waals surface area (Å²) >= 11 is 0. The normalized spacial score (nSPS) is 10.5. The van der Waals surface area contributed by atoms with E-state index in [-0.39, 0.29) is 30.4 Å². The Morgan fingerprint density at radius 2 is 1.82 bits per heavy atom. The highest BCUT2D eigenvalue weighted by atomic mass is 19.1. The predicted molar refractivity (Wildman–Crippen MR) is 104 cm³/mol. The van der Waals surface area contributed by atoms with Gasteiger partial charge in [-0.25, -0.2) is 4.39 Å². The molecule has 3 aromatic rings. The van der Waals surface area contributed by atoms with Gasteiger partial charge in [-0.3, -0.25) is 14.3 Å². The molecule has 0 bridgehead atoms. The Morgan fingerprint density at radius 1 is 1.07 bits per heavy atom. The lowest BCUT2D eigenvalue weighted by atomic mass is 10.1. The highest BCUT2D eigenvalue weighted by molar-refractivity contribution is 5.95. The Labute approximate surface area is 161 Å². The molecule has 144 valence electrons. The van der Waals surface area contributed by atoms with Crippen molar-refractivity contribution in [2.24, 2.45) is 0 Å². The Bertz CT molecular complexity index is 1020. The number of nitrogens with zero attached hydrogens (tertiary/aromatic N) is 1. The third-order valence-electron chi connectivity index (χ3n) is 4.11. The number of ether oxygens (including phenoxy) is 1. The summed E-state index contributed by atoms with van der Waals surface area (Å²) in [6.45, 7) is 0.382. The van der Waals surface area contributed by atoms with Crippen LogP contribution in [0.2, 0.25) is 0 Å². The first-order valence-electron chi connectivity index (χ1n) is 8.74. The Balaban J connectivity index is 1.71. The zero-order valence-electron chi connectivity index (χ0n) is 15.1. The maximum atomic E-state index is 13.2. The van der Waals surface area contributed by atoms with E-state index in [4.69, 9.17) is 10.6 Å². The smallest absolute Gasteiger partial charge is 0.273 e. The Morgan fingerprint density at radius 3 is 2.57 bits per heavy atom. The van der Waals surface area contributed by atoms with Gasteiger partial charge in [0.25, 0.3) is 5.91 Å². The van der Waals surface area contributed by atoms with Crippen molar-refractivity contribution in [2.75, 3.05) is 12.4 Å². The number of benzene rings is 2. The number of carbonyl (C=O) groups excluding carboxylic acids is 1. The maximum absolute atomic E-state index is 13.2. The molecule has 1 amide bonds. The highest BCUT2D eigenvalue weighted by Gasteiger charge is 2.19. The van der Waals surface area contributed by atoms with Gasteiger partial charge in [-0.05, 0) is 29.7 Å². The average molecular weight is 381 g/mol. The Kier molecular flexibility index (Phi) is 6.06. The molecule has 0 aliphatic carbocycles. The second kappa shape index (κ2) is 8.85. The van der Waals surface area contributed by atoms with Crippen molar-refractivity contribution in [1.82, 2.24) is 9.99 Å². The summed E-state index contributed by atoms with van der Waals surface area (Å²) in [4.78, 5) is 24.8. The Hall–Kier alpha value is -3.61. The third kappa shape index (κ3) is 4.76. The monoisotopic (exact) mass is 381 g/mol. The summed E-state index contributed by atoms with van der Waals surface area (Å²) in [5.41, 5.74) is 1.10. The van der Waals surface area contributed by atoms with E-state index in [1.165, 1.54) is 24.4 Å². The minimum Gasteiger partial charge on any atom is -0.482 e. The van der Waals surface area contributed by atoms with Crippen molar-refractivity contribution in [2.45, 2.75) is 13.0 Å². The minimum absolute atomic E-state index is 0.0670. The number of halogens is 1. The van der Waals surface area contributed by atoms with Crippen LogP contribution in [0.3, 0.4) is 0 Å². The summed E-state index contributed by atoms with van der Waals surface area (Å²) in [5, 5.41) is 2.69. The van der Waals surface area contributed by atoms with Crippen molar-refractivity contribution in [1.29, 1.82) is 0 Å². The van der Waals surface area contributed by atoms with Crippen LogP contribution >= 0.6 is 0 Å². The lowest BCUT2D eigenvalue weighted by Gasteiger charge is -2.14.